The van der Waals surface area contributed by atoms with Crippen LogP contribution < -0.4 is 40.8 Å². The number of rotatable bonds is 24. The number of aliphatic hydroxyl groups is 8. The molecule has 4 heterocycles. The molecule has 3 aliphatic rings. The van der Waals surface area contributed by atoms with E-state index >= 15 is 0 Å². The first kappa shape index (κ1) is 73.8. The third-order valence-corrected chi connectivity index (χ3v) is 17.8. The van der Waals surface area contributed by atoms with Gasteiger partial charge in [-0.05, 0) is 73.0 Å². The van der Waals surface area contributed by atoms with Gasteiger partial charge in [0.05, 0.1) is 62.5 Å². The van der Waals surface area contributed by atoms with Gasteiger partial charge in [-0.1, -0.05) is 82.2 Å². The Kier molecular flexibility index (Phi) is 26.7. The third kappa shape index (κ3) is 18.9. The lowest BCUT2D eigenvalue weighted by Gasteiger charge is -2.34. The molecule has 16 N–H and O–H groups in total. The molecule has 3 saturated heterocycles. The molecule has 0 aliphatic carbocycles. The zero-order valence-electron chi connectivity index (χ0n) is 52.2. The molecule has 3 aliphatic heterocycles. The van der Waals surface area contributed by atoms with E-state index in [1.54, 1.807) is 19.2 Å². The number of nitrogens with one attached hydrogen (secondary N) is 6. The molecule has 32 nitrogen and oxygen atoms in total. The first-order chi connectivity index (χ1) is 46.0. The van der Waals surface area contributed by atoms with Crippen LogP contribution in [0.1, 0.15) is 49.0 Å². The number of aromatic nitrogens is 2. The van der Waals surface area contributed by atoms with Crippen molar-refractivity contribution in [1.82, 2.24) is 51.9 Å². The van der Waals surface area contributed by atoms with Gasteiger partial charge >= 0.3 is 0 Å². The molecule has 520 valence electrons. The number of carbonyl (C=O) groups excluding carboxylic acids is 7. The number of hydrogen-bond acceptors (Lipinski definition) is 27. The van der Waals surface area contributed by atoms with E-state index in [2.05, 4.69) is 51.5 Å². The fourth-order valence-corrected chi connectivity index (χ4v) is 12.2. The van der Waals surface area contributed by atoms with E-state index in [9.17, 15) is 79.5 Å². The molecule has 1 aromatic heterocycles. The molecule has 96 heavy (non-hydrogen) atoms. The van der Waals surface area contributed by atoms with Crippen LogP contribution in [-0.2, 0) is 49.3 Å². The van der Waals surface area contributed by atoms with Crippen molar-refractivity contribution >= 4 is 65.0 Å². The number of methoxy groups -OCH3 is 1. The summed E-state index contributed by atoms with van der Waals surface area (Å²) in [6, 6.07) is 12.6. The summed E-state index contributed by atoms with van der Waals surface area (Å²) in [6.45, 7) is 0.527. The summed E-state index contributed by atoms with van der Waals surface area (Å²) in [5.41, 5.74) is 3.40. The standard InChI is InChI=1S/C62H78N10O22S2/c1-31-27-72-52(53(31)81)58(86)64-26-40(76)24-43(65-54(82)36-7-11-38(12-8-36)60-70-69-59(95-60)37-9-5-34(6-10-37)35-13-15-42(16-14-35)91-21-20-90-3)55(83)66-49(32(2)75)61(87)71-28-41(77)25-44(71)56(84)67-50(47(80)22-33-4-17-45(78)48(23-33)92-96-94-93-89)57(85)68-51(62(72)88)46(79)18-19-63-39(29-73)30-74/h4-17,23,31-32,39-41,43-44,46-47,49-53,63,73-81,89H,18-22,24-30H2,1-3H3,(H,64,86)(H,65,82)(H,66,83)(H,67,84)(H,68,85)/t31-,32+,40+,41+,43-,44-,46+,47+,49-,50-,51-,52-,53-/m0/s1. The molecular formula is C62H78N10O22S2. The largest absolute Gasteiger partial charge is 0.504 e. The number of benzene rings is 4. The van der Waals surface area contributed by atoms with E-state index in [-0.39, 0.29) is 42.3 Å². The summed E-state index contributed by atoms with van der Waals surface area (Å²) < 4.78 is 20.1. The predicted octanol–water partition coefficient (Wildman–Crippen LogP) is -2.09. The highest BCUT2D eigenvalue weighted by molar-refractivity contribution is 7.90. The molecule has 0 unspecified atom stereocenters. The molecule has 3 fully saturated rings. The summed E-state index contributed by atoms with van der Waals surface area (Å²) in [4.78, 5) is 104. The molecule has 5 aromatic rings. The molecular weight excluding hydrogens is 1300 g/mol. The fraction of sp³-hybridized carbons (Fsp3) is 0.468. The van der Waals surface area contributed by atoms with Gasteiger partial charge in [-0.15, -0.1) is 10.2 Å². The van der Waals surface area contributed by atoms with Gasteiger partial charge in [0.25, 0.3) is 18.2 Å². The van der Waals surface area contributed by atoms with Crippen LogP contribution in [0.5, 0.6) is 17.2 Å². The van der Waals surface area contributed by atoms with Crippen molar-refractivity contribution in [2.24, 2.45) is 5.92 Å². The second-order valence-corrected chi connectivity index (χ2v) is 24.7. The zero-order valence-corrected chi connectivity index (χ0v) is 53.8. The summed E-state index contributed by atoms with van der Waals surface area (Å²) >= 11 is 1.35. The van der Waals surface area contributed by atoms with Gasteiger partial charge < -0.3 is 101 Å². The number of amides is 7. The number of nitrogens with zero attached hydrogens (tertiary/aromatic N) is 4. The highest BCUT2D eigenvalue weighted by Gasteiger charge is 2.50. The second kappa shape index (κ2) is 34.8. The Labute approximate surface area is 558 Å². The van der Waals surface area contributed by atoms with Crippen molar-refractivity contribution in [2.45, 2.75) is 118 Å². The van der Waals surface area contributed by atoms with Crippen LogP contribution >= 0.6 is 23.7 Å². The van der Waals surface area contributed by atoms with Crippen molar-refractivity contribution < 1.29 is 108 Å². The van der Waals surface area contributed by atoms with Crippen molar-refractivity contribution in [3.8, 4) is 49.5 Å². The molecule has 7 amide bonds. The van der Waals surface area contributed by atoms with E-state index in [0.717, 1.165) is 45.5 Å². The minimum atomic E-state index is -2.17. The Morgan fingerprint density at radius 1 is 0.729 bits per heavy atom. The summed E-state index contributed by atoms with van der Waals surface area (Å²) in [7, 11) is 1.60. The van der Waals surface area contributed by atoms with E-state index in [1.807, 2.05) is 48.5 Å². The summed E-state index contributed by atoms with van der Waals surface area (Å²) in [5, 5.41) is 136. The summed E-state index contributed by atoms with van der Waals surface area (Å²) in [6.07, 6.45) is -12.7. The van der Waals surface area contributed by atoms with Gasteiger partial charge in [-0.2, -0.15) is 0 Å². The molecule has 34 heteroatoms. The van der Waals surface area contributed by atoms with E-state index in [0.29, 0.717) is 34.5 Å². The molecule has 0 radical (unpaired) electrons. The maximum atomic E-state index is 15.0. The van der Waals surface area contributed by atoms with E-state index in [4.69, 9.17) is 18.9 Å². The monoisotopic (exact) mass is 1380 g/mol. The molecule has 0 spiro atoms. The number of carbonyl (C=O) groups is 7. The highest BCUT2D eigenvalue weighted by Crippen LogP contribution is 2.34. The van der Waals surface area contributed by atoms with Crippen LogP contribution in [0.2, 0.25) is 0 Å². The Balaban J connectivity index is 1.07. The topological polar surface area (TPSA) is 472 Å². The summed E-state index contributed by atoms with van der Waals surface area (Å²) in [5.74, 6) is -8.96. The normalized spacial score (nSPS) is 24.2. The van der Waals surface area contributed by atoms with Crippen LogP contribution in [0.4, 0.5) is 0 Å². The van der Waals surface area contributed by atoms with Crippen LogP contribution in [0.15, 0.2) is 91.0 Å². The van der Waals surface area contributed by atoms with E-state index in [1.165, 1.54) is 36.5 Å². The van der Waals surface area contributed by atoms with Gasteiger partial charge in [-0.3, -0.25) is 33.6 Å². The molecule has 8 rings (SSSR count). The maximum Gasteiger partial charge on any atom is 0.261 e. The lowest BCUT2D eigenvalue weighted by atomic mass is 9.98. The van der Waals surface area contributed by atoms with Crippen LogP contribution in [0.3, 0.4) is 0 Å². The van der Waals surface area contributed by atoms with Crippen molar-refractivity contribution in [2.75, 3.05) is 59.7 Å². The molecule has 13 atom stereocenters. The fourth-order valence-electron chi connectivity index (χ4n) is 11.1. The van der Waals surface area contributed by atoms with E-state index < -0.39 is 184 Å². The first-order valence-corrected chi connectivity index (χ1v) is 32.0. The SMILES string of the molecule is COCCOc1ccc(-c2ccc(-c3nnc(-c4ccc(C(=O)N[C@H]5C[C@@H](O)CNC(=O)[C@@H]6[C@@H](O)[C@@H](C)CN6C(=O)[C@H]([C@H](O)CCNC(CO)CO)NC(=O)[C@H]([C@H](O)Cc6ccc(O)c(OSOOO)c6)NC(=O)[C@@H]6C[C@@H](O)CN6C(=O)[C@H]([C@@H](C)O)NC5=O)cc4)s3)cc2)cc1. The van der Waals surface area contributed by atoms with Gasteiger partial charge in [-0.25, -0.2) is 5.26 Å². The smallest absolute Gasteiger partial charge is 0.261 e. The highest BCUT2D eigenvalue weighted by atomic mass is 32.2. The van der Waals surface area contributed by atoms with Crippen LogP contribution in [0.25, 0.3) is 32.3 Å². The number of ether oxygens (including phenoxy) is 2. The molecule has 0 bridgehead atoms. The quantitative estimate of drug-likeness (QED) is 0.0136. The number of phenolic OH excluding ortho intramolecular Hbond substituents is 1. The van der Waals surface area contributed by atoms with Crippen LogP contribution in [0, 0.1) is 5.92 Å². The number of aromatic hydroxyl groups is 1. The average Bonchev–Trinajstić information content (AvgIpc) is 1.64. The first-order valence-electron chi connectivity index (χ1n) is 30.6. The van der Waals surface area contributed by atoms with Gasteiger partial charge in [0, 0.05) is 68.6 Å². The second-order valence-electron chi connectivity index (χ2n) is 23.3. The van der Waals surface area contributed by atoms with Crippen molar-refractivity contribution in [3.63, 3.8) is 0 Å². The predicted molar refractivity (Wildman–Crippen MR) is 340 cm³/mol. The number of fused-ring (bicyclic) bond motifs is 2. The Morgan fingerprint density at radius 2 is 1.34 bits per heavy atom. The number of aliphatic hydroxyl groups excluding tert-OH is 8. The van der Waals surface area contributed by atoms with Gasteiger partial charge in [0.2, 0.25) is 35.4 Å². The lowest BCUT2D eigenvalue weighted by molar-refractivity contribution is -0.433. The molecule has 0 saturated carbocycles. The Morgan fingerprint density at radius 3 is 1.98 bits per heavy atom. The minimum Gasteiger partial charge on any atom is -0.504 e. The average molecular weight is 1380 g/mol. The number of phenols is 1. The maximum absolute atomic E-state index is 15.0. The third-order valence-electron chi connectivity index (χ3n) is 16.4. The number of hydrogen-bond donors (Lipinski definition) is 16. The Bertz CT molecular complexity index is 3450. The van der Waals surface area contributed by atoms with Gasteiger partial charge in [0.1, 0.15) is 58.6 Å². The van der Waals surface area contributed by atoms with Gasteiger partial charge in [0.15, 0.2) is 11.5 Å². The lowest BCUT2D eigenvalue weighted by Crippen LogP contribution is -2.64. The number of β-amino-alcohol motifs (C(OH)–C–C–N with tert-alkyl or cyclic N) is 1. The minimum absolute atomic E-state index is 0.000156. The molecule has 4 aromatic carbocycles. The van der Waals surface area contributed by atoms with Crippen molar-refractivity contribution in [1.29, 1.82) is 0 Å². The van der Waals surface area contributed by atoms with Crippen LogP contribution in [-0.4, -0.2) is 251 Å². The zero-order chi connectivity index (χ0) is 69.3. The Hall–Kier alpha value is -8.04. The van der Waals surface area contributed by atoms with Crippen molar-refractivity contribution in [3.05, 3.63) is 102 Å².